The molecule has 0 bridgehead atoms. The number of hydrogen-bond acceptors (Lipinski definition) is 4. The zero-order valence-electron chi connectivity index (χ0n) is 18.0. The maximum atomic E-state index is 13.6. The van der Waals surface area contributed by atoms with Crippen molar-refractivity contribution < 1.29 is 36.6 Å². The number of carboxylic acid groups (broad SMARTS) is 1. The summed E-state index contributed by atoms with van der Waals surface area (Å²) in [7, 11) is 0. The highest BCUT2D eigenvalue weighted by atomic mass is 19.4. The first-order valence-corrected chi connectivity index (χ1v) is 11.0. The molecule has 0 radical (unpaired) electrons. The SMILES string of the molecule is O=C(O)NC(c1cn2nc(CC3C[C@@H](C(F)(F)F)CNC3=O)ccc2n1)C1CCC(F)(F)CC1. The molecule has 4 rings (SSSR count). The second-order valence-electron chi connectivity index (χ2n) is 9.03. The number of imidazole rings is 1. The molecule has 2 aromatic heterocycles. The summed E-state index contributed by atoms with van der Waals surface area (Å²) < 4.78 is 67.8. The van der Waals surface area contributed by atoms with E-state index in [2.05, 4.69) is 20.7 Å². The van der Waals surface area contributed by atoms with E-state index in [0.717, 1.165) is 0 Å². The number of alkyl halides is 5. The molecule has 1 aliphatic heterocycles. The predicted octanol–water partition coefficient (Wildman–Crippen LogP) is 3.72. The van der Waals surface area contributed by atoms with Gasteiger partial charge in [0, 0.05) is 31.7 Å². The summed E-state index contributed by atoms with van der Waals surface area (Å²) in [5, 5.41) is 18.3. The topological polar surface area (TPSA) is 109 Å². The number of nitrogens with zero attached hydrogens (tertiary/aromatic N) is 3. The second-order valence-corrected chi connectivity index (χ2v) is 9.03. The number of piperidine rings is 1. The van der Waals surface area contributed by atoms with Crippen molar-refractivity contribution in [2.24, 2.45) is 17.8 Å². The van der Waals surface area contributed by atoms with Gasteiger partial charge in [0.15, 0.2) is 5.65 Å². The monoisotopic (exact) mass is 489 g/mol. The average Bonchev–Trinajstić information content (AvgIpc) is 3.16. The molecule has 1 saturated heterocycles. The quantitative estimate of drug-likeness (QED) is 0.555. The smallest absolute Gasteiger partial charge is 0.405 e. The van der Waals surface area contributed by atoms with Crippen LogP contribution in [-0.2, 0) is 11.2 Å². The van der Waals surface area contributed by atoms with Crippen LogP contribution < -0.4 is 10.6 Å². The Bertz CT molecular complexity index is 1060. The van der Waals surface area contributed by atoms with Crippen LogP contribution in [0.25, 0.3) is 5.65 Å². The molecule has 1 saturated carbocycles. The molecule has 2 fully saturated rings. The largest absolute Gasteiger partial charge is 0.465 e. The molecule has 2 aromatic rings. The molecule has 3 N–H and O–H groups in total. The Hall–Kier alpha value is -2.99. The summed E-state index contributed by atoms with van der Waals surface area (Å²) in [4.78, 5) is 27.8. The fourth-order valence-electron chi connectivity index (χ4n) is 4.74. The standard InChI is InChI=1S/C21H24F5N5O3/c22-20(23)5-3-11(4-6-20)17(29-19(33)34)15-10-31-16(28-15)2-1-14(30-31)8-12-7-13(21(24,25)26)9-27-18(12)32/h1-2,10-13,17,29H,3-9H2,(H,27,32)(H,33,34)/t12?,13-,17?/m1/s1. The summed E-state index contributed by atoms with van der Waals surface area (Å²) >= 11 is 0. The summed E-state index contributed by atoms with van der Waals surface area (Å²) in [5.41, 5.74) is 1.05. The van der Waals surface area contributed by atoms with Crippen LogP contribution in [0.5, 0.6) is 0 Å². The van der Waals surface area contributed by atoms with E-state index in [1.165, 1.54) is 10.7 Å². The molecule has 34 heavy (non-hydrogen) atoms. The lowest BCUT2D eigenvalue weighted by Gasteiger charge is -2.32. The number of fused-ring (bicyclic) bond motifs is 1. The summed E-state index contributed by atoms with van der Waals surface area (Å²) in [6.45, 7) is -0.443. The van der Waals surface area contributed by atoms with Crippen molar-refractivity contribution in [3.63, 3.8) is 0 Å². The molecule has 0 aromatic carbocycles. The van der Waals surface area contributed by atoms with E-state index in [1.807, 2.05) is 0 Å². The van der Waals surface area contributed by atoms with Crippen molar-refractivity contribution in [1.82, 2.24) is 25.2 Å². The molecule has 2 unspecified atom stereocenters. The molecular formula is C21H24F5N5O3. The Morgan fingerprint density at radius 1 is 1.29 bits per heavy atom. The Morgan fingerprint density at radius 2 is 2.00 bits per heavy atom. The highest BCUT2D eigenvalue weighted by Crippen LogP contribution is 2.41. The summed E-state index contributed by atoms with van der Waals surface area (Å²) in [5.74, 6) is -6.11. The lowest BCUT2D eigenvalue weighted by atomic mass is 9.81. The van der Waals surface area contributed by atoms with Gasteiger partial charge in [-0.15, -0.1) is 0 Å². The van der Waals surface area contributed by atoms with Gasteiger partial charge in [-0.3, -0.25) is 4.79 Å². The number of carbonyl (C=O) groups is 2. The molecular weight excluding hydrogens is 465 g/mol. The van der Waals surface area contributed by atoms with E-state index in [0.29, 0.717) is 17.0 Å². The van der Waals surface area contributed by atoms with Gasteiger partial charge >= 0.3 is 12.3 Å². The zero-order chi connectivity index (χ0) is 24.7. The Morgan fingerprint density at radius 3 is 2.65 bits per heavy atom. The molecule has 0 spiro atoms. The first-order chi connectivity index (χ1) is 15.9. The maximum Gasteiger partial charge on any atom is 0.405 e. The fourth-order valence-corrected chi connectivity index (χ4v) is 4.74. The summed E-state index contributed by atoms with van der Waals surface area (Å²) in [6, 6.07) is 2.31. The number of nitrogens with one attached hydrogen (secondary N) is 2. The molecule has 2 aliphatic rings. The van der Waals surface area contributed by atoms with Gasteiger partial charge in [-0.1, -0.05) is 0 Å². The van der Waals surface area contributed by atoms with E-state index in [4.69, 9.17) is 0 Å². The number of carbonyl (C=O) groups excluding carboxylic acids is 1. The summed E-state index contributed by atoms with van der Waals surface area (Å²) in [6.07, 6.45) is -5.00. The van der Waals surface area contributed by atoms with Crippen molar-refractivity contribution in [2.75, 3.05) is 6.54 Å². The van der Waals surface area contributed by atoms with E-state index < -0.39 is 48.5 Å². The number of hydrogen-bond donors (Lipinski definition) is 3. The van der Waals surface area contributed by atoms with E-state index in [9.17, 15) is 36.6 Å². The average molecular weight is 489 g/mol. The lowest BCUT2D eigenvalue weighted by Crippen LogP contribution is -2.47. The van der Waals surface area contributed by atoms with Gasteiger partial charge in [-0.05, 0) is 37.3 Å². The van der Waals surface area contributed by atoms with Crippen molar-refractivity contribution in [3.8, 4) is 0 Å². The van der Waals surface area contributed by atoms with Gasteiger partial charge in [-0.2, -0.15) is 18.3 Å². The second kappa shape index (κ2) is 8.99. The molecule has 186 valence electrons. The third-order valence-electron chi connectivity index (χ3n) is 6.61. The third kappa shape index (κ3) is 5.39. The van der Waals surface area contributed by atoms with Crippen LogP contribution >= 0.6 is 0 Å². The van der Waals surface area contributed by atoms with Crippen LogP contribution in [0, 0.1) is 17.8 Å². The molecule has 3 atom stereocenters. The number of amides is 2. The molecule has 13 heteroatoms. The third-order valence-corrected chi connectivity index (χ3v) is 6.61. The Labute approximate surface area is 190 Å². The Balaban J connectivity index is 1.53. The van der Waals surface area contributed by atoms with Gasteiger partial charge in [0.1, 0.15) is 0 Å². The number of rotatable bonds is 5. The van der Waals surface area contributed by atoms with Crippen LogP contribution in [0.15, 0.2) is 18.3 Å². The first-order valence-electron chi connectivity index (χ1n) is 11.0. The highest BCUT2D eigenvalue weighted by molar-refractivity contribution is 5.79. The van der Waals surface area contributed by atoms with Gasteiger partial charge in [-0.25, -0.2) is 23.1 Å². The minimum absolute atomic E-state index is 0.00359. The fraction of sp³-hybridized carbons (Fsp3) is 0.619. The molecule has 2 amide bonds. The Kier molecular flexibility index (Phi) is 6.38. The van der Waals surface area contributed by atoms with Crippen LogP contribution in [0.4, 0.5) is 26.7 Å². The predicted molar refractivity (Wildman–Crippen MR) is 108 cm³/mol. The molecule has 1 aliphatic carbocycles. The van der Waals surface area contributed by atoms with Crippen LogP contribution in [-0.4, -0.2) is 50.3 Å². The van der Waals surface area contributed by atoms with E-state index in [-0.39, 0.29) is 44.4 Å². The van der Waals surface area contributed by atoms with Gasteiger partial charge < -0.3 is 15.7 Å². The van der Waals surface area contributed by atoms with Crippen molar-refractivity contribution >= 4 is 17.6 Å². The number of aromatic nitrogens is 3. The van der Waals surface area contributed by atoms with Crippen LogP contribution in [0.3, 0.4) is 0 Å². The van der Waals surface area contributed by atoms with Crippen molar-refractivity contribution in [2.45, 2.75) is 56.7 Å². The normalized spacial score (nSPS) is 24.6. The van der Waals surface area contributed by atoms with Gasteiger partial charge in [0.25, 0.3) is 0 Å². The van der Waals surface area contributed by atoms with Crippen LogP contribution in [0.1, 0.15) is 49.5 Å². The maximum absolute atomic E-state index is 13.6. The van der Waals surface area contributed by atoms with Gasteiger partial charge in [0.05, 0.1) is 29.5 Å². The highest BCUT2D eigenvalue weighted by Gasteiger charge is 2.45. The van der Waals surface area contributed by atoms with Crippen molar-refractivity contribution in [1.29, 1.82) is 0 Å². The zero-order valence-corrected chi connectivity index (χ0v) is 18.0. The van der Waals surface area contributed by atoms with Crippen molar-refractivity contribution in [3.05, 3.63) is 29.7 Å². The van der Waals surface area contributed by atoms with Gasteiger partial charge in [0.2, 0.25) is 11.8 Å². The van der Waals surface area contributed by atoms with E-state index >= 15 is 0 Å². The first kappa shape index (κ1) is 24.1. The lowest BCUT2D eigenvalue weighted by molar-refractivity contribution is -0.183. The molecule has 8 nitrogen and oxygen atoms in total. The molecule has 3 heterocycles. The minimum atomic E-state index is -4.40. The minimum Gasteiger partial charge on any atom is -0.465 e. The number of halogens is 5. The van der Waals surface area contributed by atoms with E-state index in [1.54, 1.807) is 12.1 Å². The van der Waals surface area contributed by atoms with Crippen LogP contribution in [0.2, 0.25) is 0 Å².